The van der Waals surface area contributed by atoms with Crippen molar-refractivity contribution in [2.24, 2.45) is 5.92 Å². The van der Waals surface area contributed by atoms with Crippen molar-refractivity contribution in [3.05, 3.63) is 11.6 Å². The normalized spacial score (nSPS) is 28.9. The van der Waals surface area contributed by atoms with Crippen molar-refractivity contribution in [2.75, 3.05) is 13.2 Å². The maximum absolute atomic E-state index is 12.1. The van der Waals surface area contributed by atoms with E-state index < -0.39 is 11.2 Å². The highest BCUT2D eigenvalue weighted by Gasteiger charge is 2.47. The Morgan fingerprint density at radius 1 is 1.29 bits per heavy atom. The van der Waals surface area contributed by atoms with Gasteiger partial charge in [-0.3, -0.25) is 4.79 Å². The molecule has 1 unspecified atom stereocenters. The molecule has 0 aromatic heterocycles. The molecule has 0 saturated carbocycles. The summed E-state index contributed by atoms with van der Waals surface area (Å²) in [6, 6.07) is 0. The minimum absolute atomic E-state index is 0.0286. The molecule has 0 radical (unpaired) electrons. The van der Waals surface area contributed by atoms with Crippen molar-refractivity contribution < 1.29 is 19.7 Å². The highest BCUT2D eigenvalue weighted by Crippen LogP contribution is 2.40. The number of hydrogen-bond acceptors (Lipinski definition) is 4. The molecular weight excluding hydrogens is 304 g/mol. The Balaban J connectivity index is 2.59. The van der Waals surface area contributed by atoms with Gasteiger partial charge in [-0.1, -0.05) is 18.6 Å². The number of rotatable bonds is 9. The second kappa shape index (κ2) is 9.69. The Morgan fingerprint density at radius 3 is 2.62 bits per heavy atom. The first kappa shape index (κ1) is 21.3. The Kier molecular flexibility index (Phi) is 8.61. The number of carbonyl (C=O) groups excluding carboxylic acids is 1. The molecule has 1 saturated heterocycles. The Bertz CT molecular complexity index is 427. The van der Waals surface area contributed by atoms with E-state index in [1.165, 1.54) is 5.57 Å². The second-order valence-corrected chi connectivity index (χ2v) is 7.79. The molecule has 4 nitrogen and oxygen atoms in total. The van der Waals surface area contributed by atoms with Crippen LogP contribution >= 0.6 is 0 Å². The minimum atomic E-state index is -0.979. The number of ketones is 1. The van der Waals surface area contributed by atoms with Gasteiger partial charge in [0.2, 0.25) is 0 Å². The summed E-state index contributed by atoms with van der Waals surface area (Å²) in [5, 5.41) is 20.4. The molecule has 2 N–H and O–H groups in total. The minimum Gasteiger partial charge on any atom is -0.396 e. The summed E-state index contributed by atoms with van der Waals surface area (Å²) in [7, 11) is 0. The van der Waals surface area contributed by atoms with Crippen LogP contribution in [-0.2, 0) is 9.53 Å². The average Bonchev–Trinajstić information content (AvgIpc) is 2.65. The zero-order valence-electron chi connectivity index (χ0n) is 15.9. The van der Waals surface area contributed by atoms with E-state index >= 15 is 0 Å². The van der Waals surface area contributed by atoms with Crippen LogP contribution in [0.1, 0.15) is 79.1 Å². The third-order valence-electron chi connectivity index (χ3n) is 5.47. The molecule has 0 aromatic carbocycles. The first-order valence-corrected chi connectivity index (χ1v) is 9.37. The molecule has 0 aliphatic carbocycles. The zero-order chi connectivity index (χ0) is 18.2. The van der Waals surface area contributed by atoms with Gasteiger partial charge >= 0.3 is 0 Å². The maximum atomic E-state index is 12.1. The number of allylic oxidation sites excluding steroid dienone is 2. The summed E-state index contributed by atoms with van der Waals surface area (Å²) >= 11 is 0. The van der Waals surface area contributed by atoms with Crippen molar-refractivity contribution in [3.63, 3.8) is 0 Å². The standard InChI is InChI=1S/C20H36O4/c1-16(2)9-10-18(22)17(3)8-7-11-19(4)20(23,13-14-21)12-5-6-15-24-19/h9,17,21,23H,5-8,10-15H2,1-4H3/t17?,19-,20+/m0/s1. The van der Waals surface area contributed by atoms with Crippen LogP contribution in [0.2, 0.25) is 0 Å². The molecule has 1 rings (SSSR count). The molecule has 0 aromatic rings. The Labute approximate surface area is 147 Å². The fraction of sp³-hybridized carbons (Fsp3) is 0.850. The highest BCUT2D eigenvalue weighted by atomic mass is 16.5. The molecule has 0 bridgehead atoms. The highest BCUT2D eigenvalue weighted by molar-refractivity contribution is 5.82. The average molecular weight is 341 g/mol. The molecule has 1 fully saturated rings. The first-order valence-electron chi connectivity index (χ1n) is 9.37. The Hall–Kier alpha value is -0.710. The van der Waals surface area contributed by atoms with Crippen molar-refractivity contribution >= 4 is 5.78 Å². The van der Waals surface area contributed by atoms with Gasteiger partial charge in [0, 0.05) is 32.0 Å². The molecule has 1 heterocycles. The zero-order valence-corrected chi connectivity index (χ0v) is 15.9. The van der Waals surface area contributed by atoms with Crippen LogP contribution in [0.4, 0.5) is 0 Å². The molecule has 3 atom stereocenters. The summed E-state index contributed by atoms with van der Waals surface area (Å²) in [4.78, 5) is 12.1. The van der Waals surface area contributed by atoms with Crippen LogP contribution in [0, 0.1) is 5.92 Å². The molecule has 1 aliphatic rings. The van der Waals surface area contributed by atoms with E-state index in [0.29, 0.717) is 32.3 Å². The monoisotopic (exact) mass is 340 g/mol. The second-order valence-electron chi connectivity index (χ2n) is 7.79. The molecule has 140 valence electrons. The quantitative estimate of drug-likeness (QED) is 0.627. The summed E-state index contributed by atoms with van der Waals surface area (Å²) in [5.74, 6) is 0.301. The van der Waals surface area contributed by atoms with Crippen LogP contribution in [-0.4, -0.2) is 40.4 Å². The smallest absolute Gasteiger partial charge is 0.139 e. The van der Waals surface area contributed by atoms with Gasteiger partial charge in [-0.25, -0.2) is 0 Å². The third kappa shape index (κ3) is 5.98. The van der Waals surface area contributed by atoms with Crippen LogP contribution < -0.4 is 0 Å². The number of aliphatic hydroxyl groups is 2. The summed E-state index contributed by atoms with van der Waals surface area (Å²) < 4.78 is 6.02. The summed E-state index contributed by atoms with van der Waals surface area (Å²) in [6.07, 6.45) is 7.72. The lowest BCUT2D eigenvalue weighted by Crippen LogP contribution is -2.53. The lowest BCUT2D eigenvalue weighted by molar-refractivity contribution is -0.178. The van der Waals surface area contributed by atoms with Gasteiger partial charge in [0.25, 0.3) is 0 Å². The fourth-order valence-corrected chi connectivity index (χ4v) is 3.51. The maximum Gasteiger partial charge on any atom is 0.139 e. The molecule has 4 heteroatoms. The molecule has 24 heavy (non-hydrogen) atoms. The predicted octanol–water partition coefficient (Wildman–Crippen LogP) is 3.79. The van der Waals surface area contributed by atoms with Crippen LogP contribution in [0.25, 0.3) is 0 Å². The SMILES string of the molecule is CC(C)=CCC(=O)C(C)CCC[C@]1(C)OCCCC[C@@]1(O)CCO. The van der Waals surface area contributed by atoms with Crippen LogP contribution in [0.3, 0.4) is 0 Å². The van der Waals surface area contributed by atoms with Crippen molar-refractivity contribution in [1.82, 2.24) is 0 Å². The molecular formula is C20H36O4. The fourth-order valence-electron chi connectivity index (χ4n) is 3.51. The Morgan fingerprint density at radius 2 is 2.00 bits per heavy atom. The number of ether oxygens (including phenoxy) is 1. The van der Waals surface area contributed by atoms with E-state index in [1.54, 1.807) is 0 Å². The third-order valence-corrected chi connectivity index (χ3v) is 5.47. The van der Waals surface area contributed by atoms with Gasteiger partial charge in [0.15, 0.2) is 0 Å². The van der Waals surface area contributed by atoms with Crippen molar-refractivity contribution in [2.45, 2.75) is 90.3 Å². The van der Waals surface area contributed by atoms with E-state index in [1.807, 2.05) is 33.8 Å². The van der Waals surface area contributed by atoms with Crippen molar-refractivity contribution in [1.29, 1.82) is 0 Å². The topological polar surface area (TPSA) is 66.8 Å². The van der Waals surface area contributed by atoms with Gasteiger partial charge in [-0.15, -0.1) is 0 Å². The van der Waals surface area contributed by atoms with E-state index in [9.17, 15) is 15.0 Å². The van der Waals surface area contributed by atoms with Gasteiger partial charge in [-0.05, 0) is 59.3 Å². The van der Waals surface area contributed by atoms with Gasteiger partial charge in [0.05, 0.1) is 11.2 Å². The van der Waals surface area contributed by atoms with E-state index in [4.69, 9.17) is 4.74 Å². The van der Waals surface area contributed by atoms with Gasteiger partial charge < -0.3 is 14.9 Å². The summed E-state index contributed by atoms with van der Waals surface area (Å²) in [6.45, 7) is 8.57. The van der Waals surface area contributed by atoms with Gasteiger partial charge in [-0.2, -0.15) is 0 Å². The van der Waals surface area contributed by atoms with E-state index in [0.717, 1.165) is 25.7 Å². The first-order chi connectivity index (χ1) is 11.2. The lowest BCUT2D eigenvalue weighted by Gasteiger charge is -2.43. The van der Waals surface area contributed by atoms with E-state index in [-0.39, 0.29) is 18.3 Å². The van der Waals surface area contributed by atoms with E-state index in [2.05, 4.69) is 0 Å². The number of carbonyl (C=O) groups is 1. The number of hydrogen-bond donors (Lipinski definition) is 2. The molecule has 0 spiro atoms. The largest absolute Gasteiger partial charge is 0.396 e. The predicted molar refractivity (Wildman–Crippen MR) is 96.9 cm³/mol. The summed E-state index contributed by atoms with van der Waals surface area (Å²) in [5.41, 5.74) is -0.452. The van der Waals surface area contributed by atoms with Crippen LogP contribution in [0.5, 0.6) is 0 Å². The van der Waals surface area contributed by atoms with Gasteiger partial charge in [0.1, 0.15) is 5.78 Å². The number of Topliss-reactive ketones (excluding diaryl/α,β-unsaturated/α-hetero) is 1. The molecule has 1 aliphatic heterocycles. The lowest BCUT2D eigenvalue weighted by atomic mass is 9.75. The number of aliphatic hydroxyl groups excluding tert-OH is 1. The van der Waals surface area contributed by atoms with Crippen LogP contribution in [0.15, 0.2) is 11.6 Å². The van der Waals surface area contributed by atoms with Crippen molar-refractivity contribution in [3.8, 4) is 0 Å². The molecule has 0 amide bonds.